The van der Waals surface area contributed by atoms with E-state index in [1.807, 2.05) is 48.5 Å². The summed E-state index contributed by atoms with van der Waals surface area (Å²) in [6.07, 6.45) is 5.94. The van der Waals surface area contributed by atoms with Crippen LogP contribution in [0.4, 0.5) is 0 Å². The van der Waals surface area contributed by atoms with Crippen molar-refractivity contribution in [2.45, 2.75) is 63.6 Å². The largest absolute Gasteiger partial charge is 0.491 e. The van der Waals surface area contributed by atoms with E-state index in [0.29, 0.717) is 107 Å². The average Bonchev–Trinajstić information content (AvgIpc) is 3.28. The smallest absolute Gasteiger partial charge is 0.306 e. The molecule has 2 aromatic heterocycles. The van der Waals surface area contributed by atoms with Gasteiger partial charge in [-0.15, -0.1) is 0 Å². The van der Waals surface area contributed by atoms with E-state index in [1.54, 1.807) is 36.4 Å². The van der Waals surface area contributed by atoms with Crippen LogP contribution in [0.25, 0.3) is 44.6 Å². The quantitative estimate of drug-likeness (QED) is 0.0993. The molecule has 0 unspecified atom stereocenters. The molecule has 324 valence electrons. The molecule has 0 atom stereocenters. The third kappa shape index (κ3) is 11.4. The Morgan fingerprint density at radius 1 is 0.532 bits per heavy atom. The fourth-order valence-corrected chi connectivity index (χ4v) is 8.13. The summed E-state index contributed by atoms with van der Waals surface area (Å²) in [4.78, 5) is 46.7. The molecule has 0 amide bonds. The molecular formula is C48H46Cl2O12. The number of carbonyl (C=O) groups is 2. The van der Waals surface area contributed by atoms with Crippen molar-refractivity contribution in [3.05, 3.63) is 128 Å². The summed E-state index contributed by atoms with van der Waals surface area (Å²) in [7, 11) is 0. The first-order valence-corrected chi connectivity index (χ1v) is 21.4. The zero-order chi connectivity index (χ0) is 43.6. The van der Waals surface area contributed by atoms with E-state index >= 15 is 0 Å². The van der Waals surface area contributed by atoms with E-state index in [1.165, 1.54) is 12.1 Å². The molecule has 14 heteroatoms. The molecule has 2 aliphatic carbocycles. The predicted octanol–water partition coefficient (Wildman–Crippen LogP) is 10.3. The second-order valence-corrected chi connectivity index (χ2v) is 16.1. The maximum Gasteiger partial charge on any atom is 0.306 e. The Balaban J connectivity index is 0.000000186. The van der Waals surface area contributed by atoms with Gasteiger partial charge >= 0.3 is 11.9 Å². The van der Waals surface area contributed by atoms with Crippen LogP contribution in [0.2, 0.25) is 10.0 Å². The average molecular weight is 886 g/mol. The van der Waals surface area contributed by atoms with Crippen LogP contribution in [0.3, 0.4) is 0 Å². The van der Waals surface area contributed by atoms with Crippen molar-refractivity contribution in [2.75, 3.05) is 26.4 Å². The number of ether oxygens (including phenoxy) is 4. The molecule has 2 aliphatic rings. The first kappa shape index (κ1) is 44.4. The number of para-hydroxylation sites is 2. The summed E-state index contributed by atoms with van der Waals surface area (Å²) in [5, 5.41) is 19.8. The second kappa shape index (κ2) is 20.9. The highest BCUT2D eigenvalue weighted by Gasteiger charge is 2.27. The van der Waals surface area contributed by atoms with E-state index < -0.39 is 11.9 Å². The van der Waals surface area contributed by atoms with Gasteiger partial charge in [0.05, 0.1) is 58.1 Å². The summed E-state index contributed by atoms with van der Waals surface area (Å²) in [5.74, 6) is 0.351. The van der Waals surface area contributed by atoms with Gasteiger partial charge in [-0.1, -0.05) is 35.3 Å². The van der Waals surface area contributed by atoms with E-state index in [2.05, 4.69) is 0 Å². The van der Waals surface area contributed by atoms with Gasteiger partial charge in [0.1, 0.15) is 36.2 Å². The van der Waals surface area contributed by atoms with Gasteiger partial charge in [0.25, 0.3) is 0 Å². The van der Waals surface area contributed by atoms with E-state index in [9.17, 15) is 19.2 Å². The van der Waals surface area contributed by atoms with Crippen LogP contribution >= 0.6 is 23.2 Å². The summed E-state index contributed by atoms with van der Waals surface area (Å²) >= 11 is 12.3. The van der Waals surface area contributed by atoms with Crippen LogP contribution in [0.15, 0.2) is 115 Å². The van der Waals surface area contributed by atoms with Crippen LogP contribution in [0.1, 0.15) is 51.4 Å². The molecule has 0 radical (unpaired) electrons. The Hall–Kier alpha value is -5.66. The first-order valence-electron chi connectivity index (χ1n) is 20.6. The molecule has 0 bridgehead atoms. The Morgan fingerprint density at radius 2 is 0.903 bits per heavy atom. The minimum absolute atomic E-state index is 0.101. The number of aliphatic carboxylic acids is 2. The Bertz CT molecular complexity index is 2410. The van der Waals surface area contributed by atoms with Crippen LogP contribution < -0.4 is 20.3 Å². The highest BCUT2D eigenvalue weighted by atomic mass is 35.5. The number of hydrogen-bond donors (Lipinski definition) is 2. The molecule has 6 aromatic rings. The lowest BCUT2D eigenvalue weighted by Crippen LogP contribution is -2.27. The molecule has 2 heterocycles. The Morgan fingerprint density at radius 3 is 1.26 bits per heavy atom. The first-order chi connectivity index (χ1) is 30.0. The van der Waals surface area contributed by atoms with Gasteiger partial charge in [0.15, 0.2) is 22.0 Å². The second-order valence-electron chi connectivity index (χ2n) is 15.3. The minimum atomic E-state index is -0.712. The van der Waals surface area contributed by atoms with Crippen molar-refractivity contribution >= 4 is 57.1 Å². The maximum absolute atomic E-state index is 12.4. The number of carboxylic acid groups (broad SMARTS) is 2. The molecule has 62 heavy (non-hydrogen) atoms. The molecule has 8 rings (SSSR count). The van der Waals surface area contributed by atoms with Crippen molar-refractivity contribution < 1.29 is 47.6 Å². The number of benzene rings is 4. The van der Waals surface area contributed by atoms with Gasteiger partial charge in [-0.05, 0) is 124 Å². The van der Waals surface area contributed by atoms with Crippen molar-refractivity contribution in [1.82, 2.24) is 0 Å². The van der Waals surface area contributed by atoms with E-state index in [4.69, 9.17) is 61.2 Å². The maximum atomic E-state index is 12.4. The summed E-state index contributed by atoms with van der Waals surface area (Å²) in [6.45, 7) is 1.70. The molecule has 0 saturated heterocycles. The van der Waals surface area contributed by atoms with Gasteiger partial charge in [-0.2, -0.15) is 0 Å². The lowest BCUT2D eigenvalue weighted by atomic mass is 9.87. The summed E-state index contributed by atoms with van der Waals surface area (Å²) < 4.78 is 34.8. The number of halogens is 2. The minimum Gasteiger partial charge on any atom is -0.491 e. The lowest BCUT2D eigenvalue weighted by Gasteiger charge is -2.26. The number of rotatable bonds is 14. The molecule has 2 fully saturated rings. The molecule has 2 saturated carbocycles. The van der Waals surface area contributed by atoms with Crippen molar-refractivity contribution in [3.8, 4) is 34.1 Å². The van der Waals surface area contributed by atoms with Gasteiger partial charge in [0.2, 0.25) is 0 Å². The fourth-order valence-electron chi connectivity index (χ4n) is 7.70. The fraction of sp³-hybridized carbons (Fsp3) is 0.333. The van der Waals surface area contributed by atoms with Gasteiger partial charge < -0.3 is 38.0 Å². The van der Waals surface area contributed by atoms with Gasteiger partial charge in [-0.3, -0.25) is 19.2 Å². The molecule has 2 N–H and O–H groups in total. The Kier molecular flexibility index (Phi) is 15.0. The normalized spacial score (nSPS) is 18.7. The topological polar surface area (TPSA) is 172 Å². The van der Waals surface area contributed by atoms with Crippen LogP contribution in [-0.4, -0.2) is 60.8 Å². The summed E-state index contributed by atoms with van der Waals surface area (Å²) in [6, 6.07) is 27.6. The monoisotopic (exact) mass is 884 g/mol. The van der Waals surface area contributed by atoms with Crippen LogP contribution in [0.5, 0.6) is 11.5 Å². The van der Waals surface area contributed by atoms with Gasteiger partial charge in [0, 0.05) is 23.3 Å². The van der Waals surface area contributed by atoms with Crippen LogP contribution in [0, 0.1) is 11.8 Å². The van der Waals surface area contributed by atoms with Crippen molar-refractivity contribution in [3.63, 3.8) is 0 Å². The number of carboxylic acids is 2. The predicted molar refractivity (Wildman–Crippen MR) is 236 cm³/mol. The standard InChI is InChI=1S/2C24H23ClO6/c2*25-20-3-1-2-19-21(26)14-22(31-23(19)20)15-4-8-17(9-5-15)29-12-13-30-18-10-6-16(7-11-18)24(27)28/h2*1-5,8-9,14,16,18H,6-7,10-13H2,(H,27,28). The third-order valence-corrected chi connectivity index (χ3v) is 11.7. The third-order valence-electron chi connectivity index (χ3n) is 11.1. The van der Waals surface area contributed by atoms with Crippen molar-refractivity contribution in [2.24, 2.45) is 11.8 Å². The molecule has 0 aliphatic heterocycles. The molecule has 0 spiro atoms. The highest BCUT2D eigenvalue weighted by molar-refractivity contribution is 6.35. The van der Waals surface area contributed by atoms with Crippen molar-refractivity contribution in [1.29, 1.82) is 0 Å². The Labute approximate surface area is 366 Å². The zero-order valence-corrected chi connectivity index (χ0v) is 35.3. The number of hydrogen-bond acceptors (Lipinski definition) is 10. The number of fused-ring (bicyclic) bond motifs is 2. The molecular weight excluding hydrogens is 839 g/mol. The zero-order valence-electron chi connectivity index (χ0n) is 33.8. The SMILES string of the molecule is O=C(O)C1CCC(OCCOc2ccc(-c3cc(=O)c4cccc(Cl)c4o3)cc2)CC1.O=C(O)C1CCC(OCCOc2ccc(-c3cc(=O)c4cccc(Cl)c4o3)cc2)CC1. The van der Waals surface area contributed by atoms with E-state index in [0.717, 1.165) is 36.8 Å². The van der Waals surface area contributed by atoms with Gasteiger partial charge in [-0.25, -0.2) is 0 Å². The molecule has 4 aromatic carbocycles. The van der Waals surface area contributed by atoms with Crippen LogP contribution in [-0.2, 0) is 19.1 Å². The molecule has 12 nitrogen and oxygen atoms in total. The highest BCUT2D eigenvalue weighted by Crippen LogP contribution is 2.31. The lowest BCUT2D eigenvalue weighted by molar-refractivity contribution is -0.144. The summed E-state index contributed by atoms with van der Waals surface area (Å²) in [5.41, 5.74) is 1.96. The van der Waals surface area contributed by atoms with E-state index in [-0.39, 0.29) is 34.9 Å².